The van der Waals surface area contributed by atoms with Gasteiger partial charge >= 0.3 is 0 Å². The quantitative estimate of drug-likeness (QED) is 0.777. The number of nitrogens with zero attached hydrogens (tertiary/aromatic N) is 3. The Morgan fingerprint density at radius 3 is 3.17 bits per heavy atom. The molecule has 1 fully saturated rings. The van der Waals surface area contributed by atoms with Crippen LogP contribution in [0.15, 0.2) is 28.9 Å². The van der Waals surface area contributed by atoms with Gasteiger partial charge in [0.1, 0.15) is 11.5 Å². The average molecular weight is 309 g/mol. The van der Waals surface area contributed by atoms with E-state index in [0.717, 1.165) is 55.3 Å². The van der Waals surface area contributed by atoms with Crippen LogP contribution >= 0.6 is 0 Å². The van der Waals surface area contributed by atoms with E-state index in [9.17, 15) is 0 Å². The van der Waals surface area contributed by atoms with E-state index in [-0.39, 0.29) is 0 Å². The van der Waals surface area contributed by atoms with Crippen molar-refractivity contribution in [2.24, 2.45) is 0 Å². The highest BCUT2D eigenvalue weighted by atomic mass is 16.3. The molecular formula is C17H19N5O. The molecule has 1 saturated heterocycles. The first-order chi connectivity index (χ1) is 11.4. The number of aryl methyl sites for hydroxylation is 1. The Kier molecular flexibility index (Phi) is 2.91. The molecule has 0 amide bonds. The summed E-state index contributed by atoms with van der Waals surface area (Å²) in [5.41, 5.74) is 4.28. The summed E-state index contributed by atoms with van der Waals surface area (Å²) in [4.78, 5) is 4.82. The Morgan fingerprint density at radius 2 is 2.35 bits per heavy atom. The summed E-state index contributed by atoms with van der Waals surface area (Å²) in [7, 11) is 0. The Bertz CT molecular complexity index is 846. The highest BCUT2D eigenvalue weighted by Crippen LogP contribution is 2.31. The van der Waals surface area contributed by atoms with Gasteiger partial charge in [-0.15, -0.1) is 0 Å². The van der Waals surface area contributed by atoms with Gasteiger partial charge in [-0.25, -0.2) is 4.98 Å². The second kappa shape index (κ2) is 5.09. The molecular weight excluding hydrogens is 290 g/mol. The molecule has 4 heterocycles. The number of aromatic nitrogens is 3. The van der Waals surface area contributed by atoms with Crippen molar-refractivity contribution in [2.75, 3.05) is 18.4 Å². The minimum Gasteiger partial charge on any atom is -0.463 e. The molecule has 2 N–H and O–H groups in total. The van der Waals surface area contributed by atoms with Crippen molar-refractivity contribution in [1.82, 2.24) is 19.9 Å². The van der Waals surface area contributed by atoms with Gasteiger partial charge in [-0.2, -0.15) is 9.61 Å². The first kappa shape index (κ1) is 13.1. The molecule has 6 nitrogen and oxygen atoms in total. The number of hydrogen-bond acceptors (Lipinski definition) is 5. The van der Waals surface area contributed by atoms with Crippen molar-refractivity contribution >= 4 is 11.5 Å². The fourth-order valence-electron chi connectivity index (χ4n) is 3.65. The summed E-state index contributed by atoms with van der Waals surface area (Å²) in [6.45, 7) is 2.08. The molecule has 5 rings (SSSR count). The van der Waals surface area contributed by atoms with Crippen LogP contribution in [0.2, 0.25) is 0 Å². The molecule has 23 heavy (non-hydrogen) atoms. The molecule has 118 valence electrons. The lowest BCUT2D eigenvalue weighted by Gasteiger charge is -2.17. The lowest BCUT2D eigenvalue weighted by atomic mass is 10.2. The monoisotopic (exact) mass is 309 g/mol. The highest BCUT2D eigenvalue weighted by molar-refractivity contribution is 5.64. The third kappa shape index (κ3) is 2.13. The fraction of sp³-hybridized carbons (Fsp3) is 0.412. The first-order valence-electron chi connectivity index (χ1n) is 8.31. The highest BCUT2D eigenvalue weighted by Gasteiger charge is 2.24. The summed E-state index contributed by atoms with van der Waals surface area (Å²) in [5.74, 6) is 1.90. The molecule has 0 spiro atoms. The standard InChI is InChI=1S/C17H19N5O/c1-3-12-13(4-1)20-16-9-14(15-5-2-8-23-15)21-22(16)17(12)19-11-6-7-18-10-11/h2,5,8-9,11,18-19H,1,3-4,6-7,10H2. The van der Waals surface area contributed by atoms with Crippen molar-refractivity contribution in [3.05, 3.63) is 35.7 Å². The summed E-state index contributed by atoms with van der Waals surface area (Å²) in [6, 6.07) is 6.29. The zero-order chi connectivity index (χ0) is 15.2. The molecule has 0 saturated carbocycles. The minimum atomic E-state index is 0.460. The lowest BCUT2D eigenvalue weighted by Crippen LogP contribution is -2.24. The van der Waals surface area contributed by atoms with Crippen molar-refractivity contribution < 1.29 is 4.42 Å². The molecule has 0 aromatic carbocycles. The topological polar surface area (TPSA) is 67.4 Å². The van der Waals surface area contributed by atoms with Gasteiger partial charge in [0.25, 0.3) is 0 Å². The second-order valence-corrected chi connectivity index (χ2v) is 6.35. The van der Waals surface area contributed by atoms with Crippen molar-refractivity contribution in [2.45, 2.75) is 31.7 Å². The summed E-state index contributed by atoms with van der Waals surface area (Å²) in [6.07, 6.45) is 6.14. The zero-order valence-electron chi connectivity index (χ0n) is 12.9. The molecule has 3 aromatic rings. The molecule has 0 bridgehead atoms. The van der Waals surface area contributed by atoms with E-state index in [2.05, 4.69) is 10.6 Å². The van der Waals surface area contributed by atoms with Crippen molar-refractivity contribution in [3.63, 3.8) is 0 Å². The van der Waals surface area contributed by atoms with Crippen LogP contribution in [0.25, 0.3) is 17.1 Å². The van der Waals surface area contributed by atoms with Gasteiger partial charge in [0.15, 0.2) is 11.4 Å². The normalized spacial score (nSPS) is 20.3. The molecule has 1 aliphatic carbocycles. The molecule has 2 aliphatic rings. The largest absolute Gasteiger partial charge is 0.463 e. The smallest absolute Gasteiger partial charge is 0.158 e. The van der Waals surface area contributed by atoms with Gasteiger partial charge in [0.05, 0.1) is 6.26 Å². The Hall–Kier alpha value is -2.34. The van der Waals surface area contributed by atoms with Crippen LogP contribution < -0.4 is 10.6 Å². The number of furan rings is 1. The van der Waals surface area contributed by atoms with Crippen molar-refractivity contribution in [1.29, 1.82) is 0 Å². The molecule has 0 radical (unpaired) electrons. The van der Waals surface area contributed by atoms with Gasteiger partial charge in [0.2, 0.25) is 0 Å². The maximum absolute atomic E-state index is 5.49. The fourth-order valence-corrected chi connectivity index (χ4v) is 3.65. The molecule has 1 atom stereocenters. The van der Waals surface area contributed by atoms with E-state index < -0.39 is 0 Å². The maximum atomic E-state index is 5.49. The SMILES string of the molecule is c1coc(-c2cc3nc4c(c(NC5CCNC5)n3n2)CCC4)c1. The molecule has 1 aliphatic heterocycles. The van der Waals surface area contributed by atoms with E-state index in [4.69, 9.17) is 14.5 Å². The Morgan fingerprint density at radius 1 is 1.35 bits per heavy atom. The maximum Gasteiger partial charge on any atom is 0.158 e. The molecule has 3 aromatic heterocycles. The van der Waals surface area contributed by atoms with E-state index in [1.807, 2.05) is 22.7 Å². The van der Waals surface area contributed by atoms with E-state index in [1.54, 1.807) is 6.26 Å². The zero-order valence-corrected chi connectivity index (χ0v) is 12.9. The van der Waals surface area contributed by atoms with Crippen LogP contribution in [0.4, 0.5) is 5.82 Å². The summed E-state index contributed by atoms with van der Waals surface area (Å²) in [5, 5.41) is 11.9. The number of fused-ring (bicyclic) bond motifs is 2. The summed E-state index contributed by atoms with van der Waals surface area (Å²) >= 11 is 0. The Balaban J connectivity index is 1.66. The van der Waals surface area contributed by atoms with Gasteiger partial charge in [-0.1, -0.05) is 0 Å². The van der Waals surface area contributed by atoms with E-state index in [0.29, 0.717) is 6.04 Å². The number of nitrogens with one attached hydrogen (secondary N) is 2. The van der Waals surface area contributed by atoms with Gasteiger partial charge < -0.3 is 15.1 Å². The molecule has 1 unspecified atom stereocenters. The number of hydrogen-bond donors (Lipinski definition) is 2. The van der Waals surface area contributed by atoms with Gasteiger partial charge in [0, 0.05) is 29.9 Å². The van der Waals surface area contributed by atoms with E-state index >= 15 is 0 Å². The first-order valence-corrected chi connectivity index (χ1v) is 8.31. The predicted molar refractivity (Wildman–Crippen MR) is 87.6 cm³/mol. The third-order valence-corrected chi connectivity index (χ3v) is 4.80. The van der Waals surface area contributed by atoms with Gasteiger partial charge in [-0.05, 0) is 44.4 Å². The van der Waals surface area contributed by atoms with Crippen LogP contribution in [0, 0.1) is 0 Å². The van der Waals surface area contributed by atoms with Crippen LogP contribution in [0.3, 0.4) is 0 Å². The lowest BCUT2D eigenvalue weighted by molar-refractivity contribution is 0.579. The Labute approximate surface area is 133 Å². The van der Waals surface area contributed by atoms with Crippen LogP contribution in [0.5, 0.6) is 0 Å². The number of rotatable bonds is 3. The summed E-state index contributed by atoms with van der Waals surface area (Å²) < 4.78 is 7.45. The predicted octanol–water partition coefficient (Wildman–Crippen LogP) is 2.25. The average Bonchev–Trinajstić information content (AvgIpc) is 3.33. The van der Waals surface area contributed by atoms with Gasteiger partial charge in [-0.3, -0.25) is 0 Å². The van der Waals surface area contributed by atoms with Crippen LogP contribution in [-0.2, 0) is 12.8 Å². The third-order valence-electron chi connectivity index (χ3n) is 4.80. The van der Waals surface area contributed by atoms with Crippen LogP contribution in [-0.4, -0.2) is 33.7 Å². The number of anilines is 1. The minimum absolute atomic E-state index is 0.460. The van der Waals surface area contributed by atoms with Crippen LogP contribution in [0.1, 0.15) is 24.1 Å². The van der Waals surface area contributed by atoms with Crippen molar-refractivity contribution in [3.8, 4) is 11.5 Å². The second-order valence-electron chi connectivity index (χ2n) is 6.35. The van der Waals surface area contributed by atoms with E-state index in [1.165, 1.54) is 17.7 Å². The molecule has 6 heteroatoms.